The van der Waals surface area contributed by atoms with Gasteiger partial charge in [0.05, 0.1) is 0 Å². The van der Waals surface area contributed by atoms with Crippen LogP contribution in [0, 0.1) is 5.82 Å². The zero-order valence-corrected chi connectivity index (χ0v) is 20.0. The van der Waals surface area contributed by atoms with Gasteiger partial charge in [0.25, 0.3) is 0 Å². The second kappa shape index (κ2) is 11.0. The molecule has 0 aliphatic heterocycles. The van der Waals surface area contributed by atoms with Gasteiger partial charge >= 0.3 is 0 Å². The van der Waals surface area contributed by atoms with E-state index in [1.165, 1.54) is 11.6 Å². The van der Waals surface area contributed by atoms with Crippen LogP contribution in [-0.2, 0) is 17.8 Å². The molecule has 1 amide bonds. The predicted octanol–water partition coefficient (Wildman–Crippen LogP) is 6.10. The minimum absolute atomic E-state index is 0.112. The highest BCUT2D eigenvalue weighted by Crippen LogP contribution is 2.36. The van der Waals surface area contributed by atoms with E-state index in [-0.39, 0.29) is 18.1 Å². The molecule has 0 aliphatic rings. The van der Waals surface area contributed by atoms with Gasteiger partial charge in [0, 0.05) is 60.8 Å². The van der Waals surface area contributed by atoms with E-state index < -0.39 is 5.92 Å². The van der Waals surface area contributed by atoms with E-state index in [2.05, 4.69) is 45.3 Å². The molecule has 0 saturated carbocycles. The lowest BCUT2D eigenvalue weighted by Gasteiger charge is -2.18. The number of amides is 1. The summed E-state index contributed by atoms with van der Waals surface area (Å²) in [7, 11) is 0. The van der Waals surface area contributed by atoms with Gasteiger partial charge in [0.15, 0.2) is 0 Å². The number of carbonyl (C=O) groups excluding carboxylic acids is 1. The molecule has 36 heavy (non-hydrogen) atoms. The van der Waals surface area contributed by atoms with Crippen LogP contribution in [0.1, 0.15) is 34.7 Å². The van der Waals surface area contributed by atoms with Crippen LogP contribution < -0.4 is 5.32 Å². The lowest BCUT2D eigenvalue weighted by atomic mass is 9.87. The number of halogens is 1. The third-order valence-corrected chi connectivity index (χ3v) is 6.49. The van der Waals surface area contributed by atoms with Crippen molar-refractivity contribution < 1.29 is 9.18 Å². The van der Waals surface area contributed by atoms with E-state index in [9.17, 15) is 4.79 Å². The fourth-order valence-electron chi connectivity index (χ4n) is 4.74. The van der Waals surface area contributed by atoms with Gasteiger partial charge in [0.2, 0.25) is 5.91 Å². The second-order valence-corrected chi connectivity index (χ2v) is 8.91. The van der Waals surface area contributed by atoms with Gasteiger partial charge in [0.1, 0.15) is 5.82 Å². The van der Waals surface area contributed by atoms with E-state index in [1.54, 1.807) is 18.3 Å². The van der Waals surface area contributed by atoms with Crippen molar-refractivity contribution in [3.8, 4) is 0 Å². The standard InChI is InChI=1S/C31H28FN3O/c32-29-15-6-4-13-25(29)27(20-31(36)34-19-17-24-12-8-9-18-33-24)28-22-35(21-23-10-2-1-3-11-23)30-16-7-5-14-26(28)30/h1-16,18,22,27H,17,19-21H2,(H,34,36)/t27-/m0/s1. The molecule has 5 aromatic rings. The first-order valence-electron chi connectivity index (χ1n) is 12.2. The summed E-state index contributed by atoms with van der Waals surface area (Å²) in [6.07, 6.45) is 4.63. The molecule has 0 bridgehead atoms. The Morgan fingerprint density at radius 3 is 2.42 bits per heavy atom. The fraction of sp³-hybridized carbons (Fsp3) is 0.161. The Kier molecular flexibility index (Phi) is 7.17. The van der Waals surface area contributed by atoms with Crippen molar-refractivity contribution in [2.75, 3.05) is 6.54 Å². The molecule has 2 heterocycles. The van der Waals surface area contributed by atoms with Crippen LogP contribution in [0.2, 0.25) is 0 Å². The van der Waals surface area contributed by atoms with E-state index in [0.29, 0.717) is 25.1 Å². The van der Waals surface area contributed by atoms with E-state index >= 15 is 4.39 Å². The summed E-state index contributed by atoms with van der Waals surface area (Å²) < 4.78 is 17.2. The number of hydrogen-bond donors (Lipinski definition) is 1. The first-order valence-corrected chi connectivity index (χ1v) is 12.2. The molecule has 0 aliphatic carbocycles. The van der Waals surface area contributed by atoms with Crippen LogP contribution in [0.5, 0.6) is 0 Å². The number of carbonyl (C=O) groups is 1. The van der Waals surface area contributed by atoms with Gasteiger partial charge < -0.3 is 9.88 Å². The summed E-state index contributed by atoms with van der Waals surface area (Å²) in [5.74, 6) is -0.828. The Bertz CT molecular complexity index is 1450. The predicted molar refractivity (Wildman–Crippen MR) is 141 cm³/mol. The lowest BCUT2D eigenvalue weighted by molar-refractivity contribution is -0.121. The van der Waals surface area contributed by atoms with Crippen LogP contribution in [0.15, 0.2) is 109 Å². The van der Waals surface area contributed by atoms with Crippen molar-refractivity contribution in [2.45, 2.75) is 25.3 Å². The summed E-state index contributed by atoms with van der Waals surface area (Å²) in [6, 6.07) is 30.9. The minimum Gasteiger partial charge on any atom is -0.356 e. The SMILES string of the molecule is O=C(C[C@@H](c1ccccc1F)c1cn(Cc2ccccc2)c2ccccc12)NCCc1ccccn1. The molecule has 4 nitrogen and oxygen atoms in total. The number of aromatic nitrogens is 2. The van der Waals surface area contributed by atoms with Crippen LogP contribution >= 0.6 is 0 Å². The van der Waals surface area contributed by atoms with Gasteiger partial charge in [-0.05, 0) is 41.0 Å². The molecule has 2 aromatic heterocycles. The molecule has 3 aromatic carbocycles. The summed E-state index contributed by atoms with van der Waals surface area (Å²) in [5.41, 5.74) is 4.65. The number of fused-ring (bicyclic) bond motifs is 1. The third-order valence-electron chi connectivity index (χ3n) is 6.49. The second-order valence-electron chi connectivity index (χ2n) is 8.91. The Balaban J connectivity index is 1.45. The number of nitrogens with zero attached hydrogens (tertiary/aromatic N) is 2. The molecule has 1 N–H and O–H groups in total. The Morgan fingerprint density at radius 2 is 1.61 bits per heavy atom. The highest BCUT2D eigenvalue weighted by atomic mass is 19.1. The van der Waals surface area contributed by atoms with Gasteiger partial charge in [-0.1, -0.05) is 72.8 Å². The molecule has 0 unspecified atom stereocenters. The van der Waals surface area contributed by atoms with Crippen molar-refractivity contribution in [3.05, 3.63) is 138 Å². The minimum atomic E-state index is -0.414. The van der Waals surface area contributed by atoms with Crippen LogP contribution in [0.4, 0.5) is 4.39 Å². The average molecular weight is 478 g/mol. The first-order chi connectivity index (χ1) is 17.7. The zero-order valence-electron chi connectivity index (χ0n) is 20.0. The number of pyridine rings is 1. The topological polar surface area (TPSA) is 46.9 Å². The van der Waals surface area contributed by atoms with Crippen molar-refractivity contribution in [2.24, 2.45) is 0 Å². The number of nitrogens with one attached hydrogen (secondary N) is 1. The Morgan fingerprint density at radius 1 is 0.861 bits per heavy atom. The molecular weight excluding hydrogens is 449 g/mol. The number of benzene rings is 3. The maximum atomic E-state index is 15.1. The zero-order chi connectivity index (χ0) is 24.7. The van der Waals surface area contributed by atoms with Crippen LogP contribution in [0.25, 0.3) is 10.9 Å². The average Bonchev–Trinajstić information content (AvgIpc) is 3.27. The molecular formula is C31H28FN3O. The monoisotopic (exact) mass is 477 g/mol. The van der Waals surface area contributed by atoms with Gasteiger partial charge in [-0.15, -0.1) is 0 Å². The number of para-hydroxylation sites is 1. The molecule has 0 radical (unpaired) electrons. The Labute approximate surface area is 210 Å². The molecule has 0 spiro atoms. The molecule has 180 valence electrons. The highest BCUT2D eigenvalue weighted by molar-refractivity contribution is 5.86. The van der Waals surface area contributed by atoms with E-state index in [0.717, 1.165) is 22.2 Å². The van der Waals surface area contributed by atoms with Crippen molar-refractivity contribution in [1.82, 2.24) is 14.9 Å². The normalized spacial score (nSPS) is 11.9. The number of rotatable bonds is 9. The van der Waals surface area contributed by atoms with Crippen molar-refractivity contribution >= 4 is 16.8 Å². The molecule has 5 heteroatoms. The summed E-state index contributed by atoms with van der Waals surface area (Å²) in [4.78, 5) is 17.4. The third kappa shape index (κ3) is 5.36. The van der Waals surface area contributed by atoms with E-state index in [1.807, 2.05) is 54.6 Å². The molecule has 0 fully saturated rings. The molecule has 5 rings (SSSR count). The summed E-state index contributed by atoms with van der Waals surface area (Å²) in [6.45, 7) is 1.18. The molecule has 1 atom stereocenters. The Hall–Kier alpha value is -4.25. The quantitative estimate of drug-likeness (QED) is 0.279. The van der Waals surface area contributed by atoms with E-state index in [4.69, 9.17) is 0 Å². The van der Waals surface area contributed by atoms with Crippen molar-refractivity contribution in [1.29, 1.82) is 0 Å². The summed E-state index contributed by atoms with van der Waals surface area (Å²) in [5, 5.41) is 4.04. The fourth-order valence-corrected chi connectivity index (χ4v) is 4.74. The number of hydrogen-bond acceptors (Lipinski definition) is 2. The lowest BCUT2D eigenvalue weighted by Crippen LogP contribution is -2.27. The molecule has 0 saturated heterocycles. The maximum Gasteiger partial charge on any atom is 0.220 e. The maximum absolute atomic E-state index is 15.1. The van der Waals surface area contributed by atoms with Crippen LogP contribution in [-0.4, -0.2) is 22.0 Å². The largest absolute Gasteiger partial charge is 0.356 e. The summed E-state index contributed by atoms with van der Waals surface area (Å²) >= 11 is 0. The van der Waals surface area contributed by atoms with Crippen molar-refractivity contribution in [3.63, 3.8) is 0 Å². The smallest absolute Gasteiger partial charge is 0.220 e. The van der Waals surface area contributed by atoms with Gasteiger partial charge in [-0.25, -0.2) is 4.39 Å². The van der Waals surface area contributed by atoms with Gasteiger partial charge in [-0.3, -0.25) is 9.78 Å². The van der Waals surface area contributed by atoms with Gasteiger partial charge in [-0.2, -0.15) is 0 Å². The highest BCUT2D eigenvalue weighted by Gasteiger charge is 2.25. The first kappa shape index (κ1) is 23.5. The van der Waals surface area contributed by atoms with Crippen LogP contribution in [0.3, 0.4) is 0 Å².